The van der Waals surface area contributed by atoms with Crippen LogP contribution < -0.4 is 0 Å². The van der Waals surface area contributed by atoms with Gasteiger partial charge in [0.05, 0.1) is 26.4 Å². The van der Waals surface area contributed by atoms with E-state index in [1.165, 1.54) is 103 Å². The first kappa shape index (κ1) is 85.5. The molecule has 0 aliphatic carbocycles. The van der Waals surface area contributed by atoms with E-state index in [9.17, 15) is 43.2 Å². The van der Waals surface area contributed by atoms with Gasteiger partial charge < -0.3 is 33.8 Å². The van der Waals surface area contributed by atoms with E-state index in [-0.39, 0.29) is 25.7 Å². The number of hydrogen-bond acceptors (Lipinski definition) is 15. The third-order valence-corrected chi connectivity index (χ3v) is 17.2. The number of hydrogen-bond donors (Lipinski definition) is 3. The Morgan fingerprint density at radius 1 is 0.352 bits per heavy atom. The lowest BCUT2D eigenvalue weighted by Gasteiger charge is -2.21. The highest BCUT2D eigenvalue weighted by Gasteiger charge is 2.30. The summed E-state index contributed by atoms with van der Waals surface area (Å²) in [4.78, 5) is 72.4. The summed E-state index contributed by atoms with van der Waals surface area (Å²) in [6.07, 6.45) is 45.5. The number of carbonyl (C=O) groups excluding carboxylic acids is 4. The van der Waals surface area contributed by atoms with Crippen molar-refractivity contribution in [3.05, 3.63) is 24.3 Å². The Hall–Kier alpha value is -2.46. The first-order valence-corrected chi connectivity index (χ1v) is 38.2. The van der Waals surface area contributed by atoms with Gasteiger partial charge in [-0.15, -0.1) is 0 Å². The molecule has 0 aliphatic rings. The lowest BCUT2D eigenvalue weighted by molar-refractivity contribution is -0.161. The highest BCUT2D eigenvalue weighted by atomic mass is 31.2. The van der Waals surface area contributed by atoms with Crippen LogP contribution in [0.1, 0.15) is 318 Å². The van der Waals surface area contributed by atoms with Crippen LogP contribution in [0.15, 0.2) is 24.3 Å². The van der Waals surface area contributed by atoms with Gasteiger partial charge in [0.25, 0.3) is 0 Å². The minimum Gasteiger partial charge on any atom is -0.462 e. The fourth-order valence-corrected chi connectivity index (χ4v) is 11.4. The highest BCUT2D eigenvalue weighted by molar-refractivity contribution is 7.47. The predicted molar refractivity (Wildman–Crippen MR) is 354 cm³/mol. The summed E-state index contributed by atoms with van der Waals surface area (Å²) in [5, 5.41) is 10.6. The number of unbranched alkanes of at least 4 members (excludes halogenated alkanes) is 30. The summed E-state index contributed by atoms with van der Waals surface area (Å²) < 4.78 is 68.1. The maximum atomic E-state index is 13.0. The van der Waals surface area contributed by atoms with Gasteiger partial charge in [-0.2, -0.15) is 0 Å². The van der Waals surface area contributed by atoms with Crippen LogP contribution in [0.2, 0.25) is 0 Å². The molecule has 3 N–H and O–H groups in total. The van der Waals surface area contributed by atoms with Gasteiger partial charge in [-0.1, -0.05) is 265 Å². The van der Waals surface area contributed by atoms with E-state index in [1.807, 2.05) is 0 Å². The smallest absolute Gasteiger partial charge is 0.462 e. The second-order valence-corrected chi connectivity index (χ2v) is 28.6. The van der Waals surface area contributed by atoms with Crippen molar-refractivity contribution >= 4 is 39.5 Å². The van der Waals surface area contributed by atoms with Gasteiger partial charge in [0.15, 0.2) is 12.2 Å². The molecule has 0 aromatic rings. The molecule has 0 spiro atoms. The lowest BCUT2D eigenvalue weighted by atomic mass is 10.0. The summed E-state index contributed by atoms with van der Waals surface area (Å²) >= 11 is 0. The van der Waals surface area contributed by atoms with Gasteiger partial charge in [0.1, 0.15) is 19.3 Å². The molecule has 0 aromatic carbocycles. The molecule has 5 atom stereocenters. The molecule has 0 radical (unpaired) electrons. The first-order valence-electron chi connectivity index (χ1n) is 35.2. The Bertz CT molecular complexity index is 1830. The number of phosphoric ester groups is 2. The van der Waals surface area contributed by atoms with Crippen molar-refractivity contribution in [1.82, 2.24) is 0 Å². The van der Waals surface area contributed by atoms with Crippen molar-refractivity contribution in [2.24, 2.45) is 17.8 Å². The molecule has 0 amide bonds. The Morgan fingerprint density at radius 2 is 0.614 bits per heavy atom. The van der Waals surface area contributed by atoms with E-state index in [4.69, 9.17) is 37.0 Å². The van der Waals surface area contributed by atoms with E-state index in [1.54, 1.807) is 0 Å². The second-order valence-electron chi connectivity index (χ2n) is 25.7. The molecule has 0 rings (SSSR count). The van der Waals surface area contributed by atoms with Crippen molar-refractivity contribution in [1.29, 1.82) is 0 Å². The van der Waals surface area contributed by atoms with Crippen LogP contribution in [0.25, 0.3) is 0 Å². The highest BCUT2D eigenvalue weighted by Crippen LogP contribution is 2.45. The molecule has 2 unspecified atom stereocenters. The average molecular weight is 1290 g/mol. The summed E-state index contributed by atoms with van der Waals surface area (Å²) in [6, 6.07) is 0. The summed E-state index contributed by atoms with van der Waals surface area (Å²) in [6.45, 7) is 11.6. The molecule has 88 heavy (non-hydrogen) atoms. The topological polar surface area (TPSA) is 237 Å². The molecule has 0 saturated heterocycles. The number of rotatable bonds is 65. The Kier molecular flexibility index (Phi) is 57.9. The molecule has 0 bridgehead atoms. The Balaban J connectivity index is 5.28. The lowest BCUT2D eigenvalue weighted by Crippen LogP contribution is -2.30. The van der Waals surface area contributed by atoms with Crippen LogP contribution in [0.4, 0.5) is 0 Å². The van der Waals surface area contributed by atoms with E-state index < -0.39 is 97.5 Å². The molecule has 0 heterocycles. The molecule has 0 aromatic heterocycles. The predicted octanol–water partition coefficient (Wildman–Crippen LogP) is 19.0. The standard InChI is InChI=1S/C69H130O17P2/c1-8-9-10-11-12-13-14-15-16-17-20-23-28-36-43-50-66(71)79-56-64(85-68(73)52-45-38-29-24-21-18-19-22-26-33-40-47-60(2)3)58-83-87(75,76)81-54-63(70)55-82-88(77,78)84-59-65(57-80-67(72)51-44-37-32-31-35-42-49-62(6)7)86-69(74)53-46-39-30-25-27-34-41-48-61(4)5/h13-16,60-65,70H,8-12,17-59H2,1-7H3,(H,75,76)(H,77,78)/b14-13-,16-15-/t63-,64-,65-/m1/s1. The third-order valence-electron chi connectivity index (χ3n) is 15.3. The van der Waals surface area contributed by atoms with Gasteiger partial charge in [0.2, 0.25) is 0 Å². The minimum absolute atomic E-state index is 0.0988. The molecular formula is C69H130O17P2. The number of esters is 4. The van der Waals surface area contributed by atoms with E-state index in [0.717, 1.165) is 121 Å². The number of ether oxygens (including phenoxy) is 4. The van der Waals surface area contributed by atoms with Crippen molar-refractivity contribution in [3.63, 3.8) is 0 Å². The normalized spacial score (nSPS) is 14.4. The van der Waals surface area contributed by atoms with Crippen molar-refractivity contribution in [2.75, 3.05) is 39.6 Å². The van der Waals surface area contributed by atoms with E-state index in [0.29, 0.717) is 37.5 Å². The van der Waals surface area contributed by atoms with Crippen LogP contribution in [-0.4, -0.2) is 96.7 Å². The fourth-order valence-electron chi connectivity index (χ4n) is 9.82. The van der Waals surface area contributed by atoms with Crippen LogP contribution in [0, 0.1) is 17.8 Å². The molecule has 0 fully saturated rings. The molecule has 0 saturated carbocycles. The summed E-state index contributed by atoms with van der Waals surface area (Å²) in [7, 11) is -9.91. The molecule has 17 nitrogen and oxygen atoms in total. The number of aliphatic hydroxyl groups is 1. The Labute approximate surface area is 535 Å². The summed E-state index contributed by atoms with van der Waals surface area (Å²) in [5.41, 5.74) is 0. The van der Waals surface area contributed by atoms with Crippen LogP contribution in [0.5, 0.6) is 0 Å². The van der Waals surface area contributed by atoms with Crippen molar-refractivity contribution in [2.45, 2.75) is 336 Å². The zero-order valence-electron chi connectivity index (χ0n) is 56.7. The maximum absolute atomic E-state index is 13.0. The van der Waals surface area contributed by atoms with E-state index >= 15 is 0 Å². The fraction of sp³-hybridized carbons (Fsp3) is 0.884. The number of phosphoric acid groups is 2. The minimum atomic E-state index is -4.96. The van der Waals surface area contributed by atoms with Gasteiger partial charge in [0, 0.05) is 25.7 Å². The van der Waals surface area contributed by atoms with E-state index in [2.05, 4.69) is 72.8 Å². The molecule has 19 heteroatoms. The Morgan fingerprint density at radius 3 is 0.920 bits per heavy atom. The molecule has 0 aliphatic heterocycles. The van der Waals surface area contributed by atoms with Crippen LogP contribution in [-0.2, 0) is 65.4 Å². The largest absolute Gasteiger partial charge is 0.472 e. The van der Waals surface area contributed by atoms with Crippen LogP contribution >= 0.6 is 15.6 Å². The van der Waals surface area contributed by atoms with Gasteiger partial charge in [-0.05, 0) is 69.1 Å². The zero-order valence-corrected chi connectivity index (χ0v) is 58.5. The monoisotopic (exact) mass is 1290 g/mol. The SMILES string of the molecule is CCCCCC/C=C\C=C/CCCCCCCC(=O)OC[C@H](COP(=O)(O)OC[C@@H](O)COP(=O)(O)OC[C@@H](COC(=O)CCCCCCCCC(C)C)OC(=O)CCCCCCCCCC(C)C)OC(=O)CCCCCCCCCCCCCC(C)C. The summed E-state index contributed by atoms with van der Waals surface area (Å²) in [5.74, 6) is -0.0283. The number of carbonyl (C=O) groups is 4. The average Bonchev–Trinajstić information content (AvgIpc) is 3.50. The number of allylic oxidation sites excluding steroid dienone is 4. The van der Waals surface area contributed by atoms with Gasteiger partial charge in [-0.25, -0.2) is 9.13 Å². The molecule has 518 valence electrons. The number of aliphatic hydroxyl groups excluding tert-OH is 1. The second kappa shape index (κ2) is 59.5. The molecular weight excluding hydrogens is 1160 g/mol. The van der Waals surface area contributed by atoms with Gasteiger partial charge in [-0.3, -0.25) is 37.3 Å². The quantitative estimate of drug-likeness (QED) is 0.0169. The zero-order chi connectivity index (χ0) is 65.2. The first-order chi connectivity index (χ1) is 42.2. The van der Waals surface area contributed by atoms with Gasteiger partial charge >= 0.3 is 39.5 Å². The van der Waals surface area contributed by atoms with Crippen molar-refractivity contribution in [3.8, 4) is 0 Å². The van der Waals surface area contributed by atoms with Crippen LogP contribution in [0.3, 0.4) is 0 Å². The third kappa shape index (κ3) is 62.4. The maximum Gasteiger partial charge on any atom is 0.472 e. The van der Waals surface area contributed by atoms with Crippen molar-refractivity contribution < 1.29 is 80.2 Å².